The third-order valence-corrected chi connectivity index (χ3v) is 2.56. The molecule has 0 atom stereocenters. The van der Waals surface area contributed by atoms with Gasteiger partial charge in [-0.05, 0) is 18.2 Å². The van der Waals surface area contributed by atoms with Gasteiger partial charge in [0.1, 0.15) is 0 Å². The number of nitrogens with zero attached hydrogens (tertiary/aromatic N) is 3. The number of nitrogens with two attached hydrogens (primary N) is 1. The van der Waals surface area contributed by atoms with Crippen LogP contribution in [0.3, 0.4) is 0 Å². The first-order valence-electron chi connectivity index (χ1n) is 5.32. The Bertz CT molecular complexity index is 543. The number of hydrazine groups is 1. The maximum atomic E-state index is 12.3. The lowest BCUT2D eigenvalue weighted by atomic mass is 10.2. The van der Waals surface area contributed by atoms with Crippen molar-refractivity contribution in [2.24, 2.45) is 5.84 Å². The Morgan fingerprint density at radius 2 is 1.89 bits per heavy atom. The third kappa shape index (κ3) is 2.28. The van der Waals surface area contributed by atoms with E-state index in [1.807, 2.05) is 0 Å². The van der Waals surface area contributed by atoms with Crippen LogP contribution in [0.4, 0.5) is 11.4 Å². The molecule has 0 aliphatic rings. The van der Waals surface area contributed by atoms with E-state index in [0.29, 0.717) is 11.3 Å². The molecule has 2 heterocycles. The lowest BCUT2D eigenvalue weighted by molar-refractivity contribution is 0.0993. The van der Waals surface area contributed by atoms with Crippen molar-refractivity contribution in [3.8, 4) is 0 Å². The van der Waals surface area contributed by atoms with Crippen molar-refractivity contribution in [3.05, 3.63) is 48.5 Å². The highest BCUT2D eigenvalue weighted by molar-refractivity contribution is 6.09. The van der Waals surface area contributed by atoms with Crippen LogP contribution in [-0.2, 0) is 0 Å². The molecule has 2 aromatic rings. The molecule has 2 rings (SSSR count). The number of rotatable bonds is 3. The Labute approximate surface area is 104 Å². The number of hydrogen-bond donors (Lipinski definition) is 2. The first-order valence-corrected chi connectivity index (χ1v) is 5.32. The molecule has 0 aromatic carbocycles. The summed E-state index contributed by atoms with van der Waals surface area (Å²) in [7, 11) is 1.69. The van der Waals surface area contributed by atoms with Crippen LogP contribution < -0.4 is 16.2 Å². The van der Waals surface area contributed by atoms with E-state index in [2.05, 4.69) is 15.4 Å². The minimum Gasteiger partial charge on any atom is -0.322 e. The summed E-state index contributed by atoms with van der Waals surface area (Å²) in [6.07, 6.45) is 6.32. The van der Waals surface area contributed by atoms with Crippen LogP contribution in [0.1, 0.15) is 10.4 Å². The van der Waals surface area contributed by atoms with E-state index in [4.69, 9.17) is 5.84 Å². The van der Waals surface area contributed by atoms with E-state index in [1.165, 1.54) is 11.1 Å². The molecule has 0 spiro atoms. The summed E-state index contributed by atoms with van der Waals surface area (Å²) < 4.78 is 0. The molecular weight excluding hydrogens is 230 g/mol. The van der Waals surface area contributed by atoms with E-state index in [1.54, 1.807) is 43.8 Å². The molecule has 0 saturated carbocycles. The number of anilines is 2. The van der Waals surface area contributed by atoms with Gasteiger partial charge in [-0.3, -0.25) is 20.6 Å². The Morgan fingerprint density at radius 3 is 2.56 bits per heavy atom. The van der Waals surface area contributed by atoms with Crippen molar-refractivity contribution < 1.29 is 4.79 Å². The molecule has 0 bridgehead atoms. The van der Waals surface area contributed by atoms with Gasteiger partial charge in [-0.1, -0.05) is 0 Å². The van der Waals surface area contributed by atoms with Crippen LogP contribution in [0.15, 0.2) is 43.0 Å². The molecule has 0 saturated heterocycles. The number of hydrogen-bond acceptors (Lipinski definition) is 5. The van der Waals surface area contributed by atoms with Crippen molar-refractivity contribution in [1.29, 1.82) is 0 Å². The van der Waals surface area contributed by atoms with Gasteiger partial charge in [0.15, 0.2) is 0 Å². The maximum absolute atomic E-state index is 12.3. The van der Waals surface area contributed by atoms with Gasteiger partial charge in [0, 0.05) is 31.3 Å². The van der Waals surface area contributed by atoms with Crippen molar-refractivity contribution in [2.75, 3.05) is 17.4 Å². The zero-order valence-electron chi connectivity index (χ0n) is 9.87. The Kier molecular flexibility index (Phi) is 3.49. The molecular formula is C12H13N5O. The molecule has 1 amide bonds. The molecule has 0 unspecified atom stereocenters. The molecule has 6 heteroatoms. The van der Waals surface area contributed by atoms with Gasteiger partial charge < -0.3 is 10.3 Å². The van der Waals surface area contributed by atoms with Gasteiger partial charge in [-0.2, -0.15) is 0 Å². The summed E-state index contributed by atoms with van der Waals surface area (Å²) in [5.41, 5.74) is 4.17. The molecule has 18 heavy (non-hydrogen) atoms. The fourth-order valence-corrected chi connectivity index (χ4v) is 1.56. The smallest absolute Gasteiger partial charge is 0.260 e. The van der Waals surface area contributed by atoms with Crippen LogP contribution in [0.2, 0.25) is 0 Å². The molecule has 92 valence electrons. The highest BCUT2D eigenvalue weighted by Gasteiger charge is 2.16. The summed E-state index contributed by atoms with van der Waals surface area (Å²) >= 11 is 0. The topological polar surface area (TPSA) is 84.1 Å². The van der Waals surface area contributed by atoms with Crippen LogP contribution in [0, 0.1) is 0 Å². The second-order valence-corrected chi connectivity index (χ2v) is 3.64. The van der Waals surface area contributed by atoms with Gasteiger partial charge in [0.05, 0.1) is 17.4 Å². The number of nitrogens with one attached hydrogen (secondary N) is 1. The van der Waals surface area contributed by atoms with E-state index in [0.717, 1.165) is 5.69 Å². The van der Waals surface area contributed by atoms with Crippen molar-refractivity contribution >= 4 is 17.3 Å². The number of nitrogen functional groups attached to an aromatic ring is 1. The van der Waals surface area contributed by atoms with Gasteiger partial charge >= 0.3 is 0 Å². The fraction of sp³-hybridized carbons (Fsp3) is 0.0833. The Morgan fingerprint density at radius 1 is 1.22 bits per heavy atom. The highest BCUT2D eigenvalue weighted by Crippen LogP contribution is 2.18. The fourth-order valence-electron chi connectivity index (χ4n) is 1.56. The van der Waals surface area contributed by atoms with E-state index in [9.17, 15) is 4.79 Å². The van der Waals surface area contributed by atoms with E-state index < -0.39 is 0 Å². The average molecular weight is 243 g/mol. The number of carbonyl (C=O) groups is 1. The zero-order chi connectivity index (χ0) is 13.0. The lowest BCUT2D eigenvalue weighted by Gasteiger charge is -2.18. The molecule has 0 fully saturated rings. The minimum atomic E-state index is -0.170. The predicted molar refractivity (Wildman–Crippen MR) is 69.0 cm³/mol. The summed E-state index contributed by atoms with van der Waals surface area (Å²) in [5.74, 6) is 5.19. The third-order valence-electron chi connectivity index (χ3n) is 2.56. The highest BCUT2D eigenvalue weighted by atomic mass is 16.2. The van der Waals surface area contributed by atoms with Crippen molar-refractivity contribution in [2.45, 2.75) is 0 Å². The number of aromatic nitrogens is 2. The van der Waals surface area contributed by atoms with Crippen LogP contribution in [0.5, 0.6) is 0 Å². The number of amides is 1. The second kappa shape index (κ2) is 5.24. The summed E-state index contributed by atoms with van der Waals surface area (Å²) in [6.45, 7) is 0. The Hall–Kier alpha value is -2.47. The molecule has 0 aliphatic carbocycles. The lowest BCUT2D eigenvalue weighted by Crippen LogP contribution is -2.27. The molecule has 0 aliphatic heterocycles. The predicted octanol–water partition coefficient (Wildman–Crippen LogP) is 1.04. The van der Waals surface area contributed by atoms with Crippen LogP contribution in [-0.4, -0.2) is 22.9 Å². The van der Waals surface area contributed by atoms with E-state index >= 15 is 0 Å². The monoisotopic (exact) mass is 243 g/mol. The van der Waals surface area contributed by atoms with Crippen molar-refractivity contribution in [3.63, 3.8) is 0 Å². The molecule has 3 N–H and O–H groups in total. The minimum absolute atomic E-state index is 0.170. The number of pyridine rings is 2. The quantitative estimate of drug-likeness (QED) is 0.621. The Balaban J connectivity index is 2.32. The summed E-state index contributed by atoms with van der Waals surface area (Å²) in [6, 6.07) is 5.14. The van der Waals surface area contributed by atoms with E-state index in [-0.39, 0.29) is 5.91 Å². The van der Waals surface area contributed by atoms with Gasteiger partial charge in [-0.25, -0.2) is 0 Å². The molecule has 0 radical (unpaired) electrons. The first kappa shape index (κ1) is 12.0. The van der Waals surface area contributed by atoms with Gasteiger partial charge in [0.25, 0.3) is 5.91 Å². The number of carbonyl (C=O) groups excluding carboxylic acids is 1. The molecule has 2 aromatic heterocycles. The average Bonchev–Trinajstić information content (AvgIpc) is 2.46. The first-order chi connectivity index (χ1) is 8.74. The van der Waals surface area contributed by atoms with Crippen LogP contribution in [0.25, 0.3) is 0 Å². The second-order valence-electron chi connectivity index (χ2n) is 3.64. The zero-order valence-corrected chi connectivity index (χ0v) is 9.87. The summed E-state index contributed by atoms with van der Waals surface area (Å²) in [4.78, 5) is 21.7. The standard InChI is InChI=1S/C12H13N5O/c1-17(9-2-5-14-6-3-9)12(18)10-4-7-15-8-11(10)16-13/h2-8,16H,13H2,1H3. The van der Waals surface area contributed by atoms with Gasteiger partial charge in [0.2, 0.25) is 0 Å². The normalized spacial score (nSPS) is 9.89. The molecule has 6 nitrogen and oxygen atoms in total. The van der Waals surface area contributed by atoms with Crippen LogP contribution >= 0.6 is 0 Å². The van der Waals surface area contributed by atoms with Gasteiger partial charge in [-0.15, -0.1) is 0 Å². The van der Waals surface area contributed by atoms with Crippen molar-refractivity contribution in [1.82, 2.24) is 9.97 Å². The largest absolute Gasteiger partial charge is 0.322 e. The maximum Gasteiger partial charge on any atom is 0.260 e. The summed E-state index contributed by atoms with van der Waals surface area (Å²) in [5, 5.41) is 0. The SMILES string of the molecule is CN(C(=O)c1ccncc1NN)c1ccncc1.